The fourth-order valence-corrected chi connectivity index (χ4v) is 2.03. The van der Waals surface area contributed by atoms with E-state index in [0.717, 1.165) is 6.08 Å². The molecule has 0 saturated heterocycles. The van der Waals surface area contributed by atoms with Crippen LogP contribution < -0.4 is 9.76 Å². The molecule has 0 N–H and O–H groups in total. The Labute approximate surface area is 165 Å². The van der Waals surface area contributed by atoms with Crippen molar-refractivity contribution in [2.75, 3.05) is 0 Å². The van der Waals surface area contributed by atoms with Gasteiger partial charge in [-0.15, -0.1) is 0 Å². The molecule has 0 saturated carbocycles. The maximum atomic E-state index is 13.5. The molecule has 0 amide bonds. The van der Waals surface area contributed by atoms with Gasteiger partial charge in [0.25, 0.3) is 0 Å². The minimum Gasteiger partial charge on any atom is -0.872 e. The largest absolute Gasteiger partial charge is 2.00 e. The molecule has 0 aliphatic heterocycles. The van der Waals surface area contributed by atoms with Crippen molar-refractivity contribution < 1.29 is 44.2 Å². The molecule has 1 aliphatic carbocycles. The minimum atomic E-state index is -3.32. The Kier molecular flexibility index (Phi) is 9.33. The van der Waals surface area contributed by atoms with Crippen LogP contribution in [-0.4, -0.2) is 7.47 Å². The van der Waals surface area contributed by atoms with E-state index in [-0.39, 0.29) is 17.1 Å². The molecule has 8 heteroatoms. The molecule has 2 aromatic carbocycles. The quantitative estimate of drug-likeness (QED) is 0.320. The maximum absolute atomic E-state index is 13.5. The Balaban J connectivity index is 0.000000526. The molecule has 0 atom stereocenters. The van der Waals surface area contributed by atoms with Gasteiger partial charge in [-0.1, -0.05) is 42.2 Å². The average Bonchev–Trinajstić information content (AvgIpc) is 3.30. The first-order valence-corrected chi connectivity index (χ1v) is 7.52. The summed E-state index contributed by atoms with van der Waals surface area (Å²) in [7, 11) is -3.32. The molecule has 2 nitrogen and oxygen atoms in total. The number of hydrogen-bond acceptors (Lipinski definition) is 2. The monoisotopic (exact) mass is 416 g/mol. The van der Waals surface area contributed by atoms with Crippen molar-refractivity contribution in [2.24, 2.45) is 0 Å². The molecular formula is C19H13BF4FeO2. The van der Waals surface area contributed by atoms with Gasteiger partial charge in [0.2, 0.25) is 0 Å². The molecule has 0 aromatic heterocycles. The van der Waals surface area contributed by atoms with E-state index in [1.54, 1.807) is 24.3 Å². The molecular weight excluding hydrogens is 403 g/mol. The summed E-state index contributed by atoms with van der Waals surface area (Å²) in [5.74, 6) is -4.23. The molecule has 0 unspecified atom stereocenters. The molecule has 1 aliphatic rings. The van der Waals surface area contributed by atoms with E-state index in [4.69, 9.17) is 0 Å². The summed E-state index contributed by atoms with van der Waals surface area (Å²) in [6.45, 7) is 0. The van der Waals surface area contributed by atoms with Gasteiger partial charge >= 0.3 is 24.5 Å². The Morgan fingerprint density at radius 3 is 2.22 bits per heavy atom. The summed E-state index contributed by atoms with van der Waals surface area (Å²) in [4.78, 5) is 0. The zero-order valence-corrected chi connectivity index (χ0v) is 14.9. The van der Waals surface area contributed by atoms with E-state index in [1.165, 1.54) is 6.08 Å². The van der Waals surface area contributed by atoms with Crippen LogP contribution in [0.5, 0.6) is 5.75 Å². The van der Waals surface area contributed by atoms with Gasteiger partial charge in [-0.25, -0.2) is 29.5 Å². The Bertz CT molecular complexity index is 812. The normalized spacial score (nSPS) is 12.1. The Morgan fingerprint density at radius 2 is 1.70 bits per heavy atom. The SMILES string of the molecule is [Fe+2].[O-]C(=CC=C1C=CC=C1)c1cc(F)cc(F)c1OB(F)F.c1cc[cH-]c1. The fraction of sp³-hybridized carbons (Fsp3) is 0. The Hall–Kier alpha value is -2.57. The summed E-state index contributed by atoms with van der Waals surface area (Å²) in [5, 5.41) is 11.9. The van der Waals surface area contributed by atoms with Crippen LogP contribution in [0.15, 0.2) is 84.5 Å². The summed E-state index contributed by atoms with van der Waals surface area (Å²) in [6, 6.07) is 11.0. The van der Waals surface area contributed by atoms with Crippen LogP contribution in [0.1, 0.15) is 5.56 Å². The predicted octanol–water partition coefficient (Wildman–Crippen LogP) is 4.42. The van der Waals surface area contributed by atoms with E-state index in [1.807, 2.05) is 30.3 Å². The van der Waals surface area contributed by atoms with E-state index in [2.05, 4.69) is 4.65 Å². The molecule has 2 aromatic rings. The van der Waals surface area contributed by atoms with Crippen LogP contribution in [0.4, 0.5) is 17.4 Å². The first-order valence-electron chi connectivity index (χ1n) is 7.52. The number of hydrogen-bond donors (Lipinski definition) is 0. The second kappa shape index (κ2) is 11.2. The van der Waals surface area contributed by atoms with Crippen LogP contribution >= 0.6 is 0 Å². The second-order valence-corrected chi connectivity index (χ2v) is 5.02. The zero-order valence-electron chi connectivity index (χ0n) is 13.8. The molecule has 27 heavy (non-hydrogen) atoms. The van der Waals surface area contributed by atoms with Crippen molar-refractivity contribution in [3.8, 4) is 5.75 Å². The van der Waals surface area contributed by atoms with Crippen LogP contribution in [-0.2, 0) is 17.1 Å². The fourth-order valence-electron chi connectivity index (χ4n) is 2.03. The van der Waals surface area contributed by atoms with Crippen molar-refractivity contribution in [3.63, 3.8) is 0 Å². The molecule has 0 fully saturated rings. The van der Waals surface area contributed by atoms with Gasteiger partial charge in [-0.05, 0) is 11.6 Å². The number of halogens is 4. The van der Waals surface area contributed by atoms with Crippen LogP contribution in [0.2, 0.25) is 0 Å². The van der Waals surface area contributed by atoms with Gasteiger partial charge in [0, 0.05) is 11.6 Å². The minimum absolute atomic E-state index is 0. The smallest absolute Gasteiger partial charge is 0.872 e. The van der Waals surface area contributed by atoms with Crippen molar-refractivity contribution in [3.05, 3.63) is 102 Å². The van der Waals surface area contributed by atoms with Crippen molar-refractivity contribution in [2.45, 2.75) is 0 Å². The van der Waals surface area contributed by atoms with E-state index in [0.29, 0.717) is 17.7 Å². The van der Waals surface area contributed by atoms with Gasteiger partial charge in [-0.3, -0.25) is 0 Å². The van der Waals surface area contributed by atoms with Gasteiger partial charge in [0.15, 0.2) is 5.82 Å². The second-order valence-electron chi connectivity index (χ2n) is 5.02. The van der Waals surface area contributed by atoms with E-state index in [9.17, 15) is 22.5 Å². The molecule has 0 radical (unpaired) electrons. The third-order valence-electron chi connectivity index (χ3n) is 3.15. The number of rotatable bonds is 4. The van der Waals surface area contributed by atoms with E-state index >= 15 is 0 Å². The summed E-state index contributed by atoms with van der Waals surface area (Å²) in [6.07, 6.45) is 9.30. The van der Waals surface area contributed by atoms with Crippen LogP contribution in [0, 0.1) is 11.6 Å². The number of allylic oxidation sites excluding steroid dienone is 7. The molecule has 3 rings (SSSR count). The van der Waals surface area contributed by atoms with Crippen LogP contribution in [0.3, 0.4) is 0 Å². The summed E-state index contributed by atoms with van der Waals surface area (Å²) in [5.41, 5.74) is 0.0900. The zero-order chi connectivity index (χ0) is 18.9. The first kappa shape index (κ1) is 22.5. The molecule has 0 heterocycles. The van der Waals surface area contributed by atoms with Crippen molar-refractivity contribution in [1.82, 2.24) is 0 Å². The number of benzene rings is 1. The van der Waals surface area contributed by atoms with Gasteiger partial charge < -0.3 is 9.76 Å². The third kappa shape index (κ3) is 7.29. The van der Waals surface area contributed by atoms with Crippen molar-refractivity contribution >= 4 is 13.2 Å². The van der Waals surface area contributed by atoms with Gasteiger partial charge in [0.1, 0.15) is 11.6 Å². The molecule has 140 valence electrons. The predicted molar refractivity (Wildman–Crippen MR) is 91.3 cm³/mol. The third-order valence-corrected chi connectivity index (χ3v) is 3.15. The van der Waals surface area contributed by atoms with E-state index < -0.39 is 36.2 Å². The Morgan fingerprint density at radius 1 is 1.07 bits per heavy atom. The van der Waals surface area contributed by atoms with Crippen LogP contribution in [0.25, 0.3) is 5.76 Å². The van der Waals surface area contributed by atoms with Gasteiger partial charge in [-0.2, -0.15) is 18.2 Å². The maximum Gasteiger partial charge on any atom is 2.00 e. The van der Waals surface area contributed by atoms with Crippen molar-refractivity contribution in [1.29, 1.82) is 0 Å². The summed E-state index contributed by atoms with van der Waals surface area (Å²) < 4.78 is 55.1. The molecule has 0 bridgehead atoms. The average molecular weight is 416 g/mol. The topological polar surface area (TPSA) is 32.3 Å². The first-order chi connectivity index (χ1) is 12.5. The van der Waals surface area contributed by atoms with Gasteiger partial charge in [0.05, 0.1) is 0 Å². The summed E-state index contributed by atoms with van der Waals surface area (Å²) >= 11 is 0. The molecule has 0 spiro atoms. The standard InChI is InChI=1S/C14H9BF4O2.C5H5.Fe/c16-10-7-11(14(12(17)8-10)21-15(18)19)13(20)6-5-9-3-1-2-4-9;1-2-4-5-3-1;/h1-8,20H;1-5H;/q;-1;+2/p-1.